The average Bonchev–Trinajstić information content (AvgIpc) is 3.16. The Morgan fingerprint density at radius 2 is 1.68 bits per heavy atom. The molecule has 0 bridgehead atoms. The van der Waals surface area contributed by atoms with Gasteiger partial charge in [0.2, 0.25) is 0 Å². The molecule has 2 aromatic rings. The molecular weight excluding hydrogens is 368 g/mol. The summed E-state index contributed by atoms with van der Waals surface area (Å²) in [5, 5.41) is 0. The topological polar surface area (TPSA) is 49.7 Å². The molecule has 0 unspecified atom stereocenters. The van der Waals surface area contributed by atoms with Gasteiger partial charge in [-0.3, -0.25) is 9.30 Å². The van der Waals surface area contributed by atoms with Gasteiger partial charge in [0.25, 0.3) is 10.0 Å². The lowest BCUT2D eigenvalue weighted by atomic mass is 9.88. The number of aliphatic imine (C=N–C) groups is 1. The first kappa shape index (κ1) is 18.7. The van der Waals surface area contributed by atoms with Gasteiger partial charge in [-0.2, -0.15) is 0 Å². The van der Waals surface area contributed by atoms with Crippen LogP contribution < -0.4 is 0 Å². The first-order valence-corrected chi connectivity index (χ1v) is 10.9. The van der Waals surface area contributed by atoms with Crippen molar-refractivity contribution in [3.05, 3.63) is 83.1 Å². The van der Waals surface area contributed by atoms with Crippen molar-refractivity contribution < 1.29 is 8.42 Å². The third-order valence-corrected chi connectivity index (χ3v) is 7.35. The average molecular weight is 393 g/mol. The molecule has 2 heterocycles. The molecular formula is C23H24N2O2S. The molecule has 0 amide bonds. The number of allylic oxidation sites excluding steroid dienone is 1. The van der Waals surface area contributed by atoms with Crippen LogP contribution in [0.15, 0.2) is 81.8 Å². The lowest BCUT2D eigenvalue weighted by molar-refractivity contribution is 0.509. The number of hydrogen-bond acceptors (Lipinski definition) is 3. The van der Waals surface area contributed by atoms with Crippen molar-refractivity contribution in [1.82, 2.24) is 4.31 Å². The van der Waals surface area contributed by atoms with E-state index >= 15 is 0 Å². The van der Waals surface area contributed by atoms with E-state index in [0.717, 1.165) is 28.1 Å². The van der Waals surface area contributed by atoms with E-state index in [1.807, 2.05) is 69.3 Å². The summed E-state index contributed by atoms with van der Waals surface area (Å²) >= 11 is 0. The Balaban J connectivity index is 1.87. The summed E-state index contributed by atoms with van der Waals surface area (Å²) in [4.78, 5) is 5.21. The highest BCUT2D eigenvalue weighted by Crippen LogP contribution is 2.47. The highest BCUT2D eigenvalue weighted by Gasteiger charge is 2.49. The minimum absolute atomic E-state index is 0.314. The molecule has 2 aromatic carbocycles. The second-order valence-corrected chi connectivity index (χ2v) is 9.38. The second kappa shape index (κ2) is 6.74. The van der Waals surface area contributed by atoms with Crippen LogP contribution in [0.5, 0.6) is 0 Å². The van der Waals surface area contributed by atoms with E-state index in [4.69, 9.17) is 4.99 Å². The minimum atomic E-state index is -3.66. The summed E-state index contributed by atoms with van der Waals surface area (Å²) in [5.74, 6) is 0. The van der Waals surface area contributed by atoms with Crippen molar-refractivity contribution in [3.63, 3.8) is 0 Å². The zero-order valence-electron chi connectivity index (χ0n) is 16.4. The van der Waals surface area contributed by atoms with Crippen LogP contribution in [0.4, 0.5) is 0 Å². The zero-order chi connectivity index (χ0) is 19.9. The Kier molecular flexibility index (Phi) is 4.50. The fourth-order valence-electron chi connectivity index (χ4n) is 4.07. The largest absolute Gasteiger partial charge is 0.273 e. The second-order valence-electron chi connectivity index (χ2n) is 7.52. The van der Waals surface area contributed by atoms with Gasteiger partial charge in [0.15, 0.2) is 0 Å². The summed E-state index contributed by atoms with van der Waals surface area (Å²) in [6.45, 7) is 6.37. The van der Waals surface area contributed by atoms with Gasteiger partial charge in [-0.1, -0.05) is 48.0 Å². The smallest absolute Gasteiger partial charge is 0.264 e. The molecule has 0 N–H and O–H groups in total. The van der Waals surface area contributed by atoms with Crippen LogP contribution in [-0.2, 0) is 10.0 Å². The summed E-state index contributed by atoms with van der Waals surface area (Å²) in [7, 11) is -3.66. The van der Waals surface area contributed by atoms with E-state index in [1.54, 1.807) is 16.4 Å². The summed E-state index contributed by atoms with van der Waals surface area (Å²) in [6, 6.07) is 16.9. The van der Waals surface area contributed by atoms with Gasteiger partial charge in [-0.25, -0.2) is 8.42 Å². The van der Waals surface area contributed by atoms with Crippen LogP contribution in [0.3, 0.4) is 0 Å². The third kappa shape index (κ3) is 3.00. The normalized spacial score (nSPS) is 23.4. The lowest BCUT2D eigenvalue weighted by Gasteiger charge is -2.28. The summed E-state index contributed by atoms with van der Waals surface area (Å²) in [5.41, 5.74) is 4.16. The number of sulfonamides is 1. The SMILES string of the molecule is CC1=CC(C)=N[C@]12CCN(S(=O)(=O)c1ccc(C)cc1)/C2=C/c1ccccc1. The lowest BCUT2D eigenvalue weighted by Crippen LogP contribution is -2.32. The monoisotopic (exact) mass is 392 g/mol. The number of benzene rings is 2. The first-order valence-electron chi connectivity index (χ1n) is 9.45. The molecule has 0 aliphatic carbocycles. The zero-order valence-corrected chi connectivity index (χ0v) is 17.2. The molecule has 1 saturated heterocycles. The molecule has 28 heavy (non-hydrogen) atoms. The fourth-order valence-corrected chi connectivity index (χ4v) is 5.60. The minimum Gasteiger partial charge on any atom is -0.273 e. The molecule has 4 nitrogen and oxygen atoms in total. The summed E-state index contributed by atoms with van der Waals surface area (Å²) in [6.07, 6.45) is 4.68. The molecule has 5 heteroatoms. The van der Waals surface area contributed by atoms with Gasteiger partial charge in [0.1, 0.15) is 5.54 Å². The van der Waals surface area contributed by atoms with E-state index in [-0.39, 0.29) is 0 Å². The van der Waals surface area contributed by atoms with Gasteiger partial charge in [-0.05, 0) is 56.2 Å². The van der Waals surface area contributed by atoms with E-state index in [9.17, 15) is 8.42 Å². The quantitative estimate of drug-likeness (QED) is 0.767. The van der Waals surface area contributed by atoms with Gasteiger partial charge in [0.05, 0.1) is 10.6 Å². The molecule has 1 spiro atoms. The highest BCUT2D eigenvalue weighted by molar-refractivity contribution is 7.89. The molecule has 4 rings (SSSR count). The van der Waals surface area contributed by atoms with E-state index in [2.05, 4.69) is 6.08 Å². The molecule has 1 fully saturated rings. The predicted molar refractivity (Wildman–Crippen MR) is 114 cm³/mol. The molecule has 2 aliphatic heterocycles. The standard InChI is InChI=1S/C23H24N2O2S/c1-17-9-11-21(12-10-17)28(26,27)25-14-13-23(18(2)15-19(3)24-23)22(25)16-20-7-5-4-6-8-20/h4-12,15-16H,13-14H2,1-3H3/b22-16+/t23-/m1/s1. The van der Waals surface area contributed by atoms with Crippen molar-refractivity contribution in [1.29, 1.82) is 0 Å². The van der Waals surface area contributed by atoms with Crippen LogP contribution in [0.25, 0.3) is 6.08 Å². The number of hydrogen-bond donors (Lipinski definition) is 0. The molecule has 0 saturated carbocycles. The number of aryl methyl sites for hydroxylation is 1. The van der Waals surface area contributed by atoms with Gasteiger partial charge in [0, 0.05) is 18.7 Å². The van der Waals surface area contributed by atoms with Crippen molar-refractivity contribution >= 4 is 21.8 Å². The highest BCUT2D eigenvalue weighted by atomic mass is 32.2. The van der Waals surface area contributed by atoms with Crippen LogP contribution in [-0.4, -0.2) is 30.5 Å². The van der Waals surface area contributed by atoms with E-state index < -0.39 is 15.6 Å². The van der Waals surface area contributed by atoms with Gasteiger partial charge in [-0.15, -0.1) is 0 Å². The Hall–Kier alpha value is -2.66. The van der Waals surface area contributed by atoms with Gasteiger partial charge >= 0.3 is 0 Å². The van der Waals surface area contributed by atoms with Crippen molar-refractivity contribution in [2.45, 2.75) is 37.6 Å². The molecule has 1 atom stereocenters. The van der Waals surface area contributed by atoms with E-state index in [1.165, 1.54) is 0 Å². The van der Waals surface area contributed by atoms with E-state index in [0.29, 0.717) is 17.9 Å². The van der Waals surface area contributed by atoms with Crippen LogP contribution in [0, 0.1) is 6.92 Å². The maximum absolute atomic E-state index is 13.5. The fraction of sp³-hybridized carbons (Fsp3) is 0.261. The van der Waals surface area contributed by atoms with Crippen molar-refractivity contribution in [3.8, 4) is 0 Å². The molecule has 2 aliphatic rings. The third-order valence-electron chi connectivity index (χ3n) is 5.53. The van der Waals surface area contributed by atoms with Crippen LogP contribution in [0.1, 0.15) is 31.4 Å². The Morgan fingerprint density at radius 1 is 1.00 bits per heavy atom. The molecule has 0 radical (unpaired) electrons. The maximum Gasteiger partial charge on any atom is 0.264 e. The number of nitrogens with zero attached hydrogens (tertiary/aromatic N) is 2. The Labute approximate surface area is 167 Å². The Morgan fingerprint density at radius 3 is 2.29 bits per heavy atom. The van der Waals surface area contributed by atoms with Crippen LogP contribution >= 0.6 is 0 Å². The van der Waals surface area contributed by atoms with Crippen molar-refractivity contribution in [2.75, 3.05) is 6.54 Å². The molecule has 144 valence electrons. The number of rotatable bonds is 3. The summed E-state index contributed by atoms with van der Waals surface area (Å²) < 4.78 is 28.5. The van der Waals surface area contributed by atoms with Crippen LogP contribution in [0.2, 0.25) is 0 Å². The first-order chi connectivity index (χ1) is 13.3. The maximum atomic E-state index is 13.5. The predicted octanol–water partition coefficient (Wildman–Crippen LogP) is 4.59. The Bertz CT molecular complexity index is 1100. The van der Waals surface area contributed by atoms with Gasteiger partial charge < -0.3 is 0 Å². The molecule has 0 aromatic heterocycles. The van der Waals surface area contributed by atoms with Crippen molar-refractivity contribution in [2.24, 2.45) is 4.99 Å².